The van der Waals surface area contributed by atoms with Crippen LogP contribution in [0.15, 0.2) is 0 Å². The molecule has 0 unspecified atom stereocenters. The maximum atomic E-state index is 9.76. The van der Waals surface area contributed by atoms with Crippen LogP contribution in [0, 0.1) is 0 Å². The molecule has 0 aliphatic heterocycles. The van der Waals surface area contributed by atoms with Crippen LogP contribution in [0.4, 0.5) is 4.79 Å². The molecular weight excluding hydrogens is 271 g/mol. The van der Waals surface area contributed by atoms with E-state index in [4.69, 9.17) is 25.2 Å². The Morgan fingerprint density at radius 2 is 1.73 bits per heavy atom. The van der Waals surface area contributed by atoms with Gasteiger partial charge in [0.1, 0.15) is 18.3 Å². The summed E-state index contributed by atoms with van der Waals surface area (Å²) >= 11 is 6.99. The van der Waals surface area contributed by atoms with E-state index in [1.165, 1.54) is 0 Å². The van der Waals surface area contributed by atoms with E-state index in [2.05, 4.69) is 25.3 Å². The predicted octanol–water partition coefficient (Wildman–Crippen LogP) is -5.15. The van der Waals surface area contributed by atoms with E-state index in [0.29, 0.717) is 0 Å². The minimum atomic E-state index is -1.64. The maximum Gasteiger partial charge on any atom is 1.00 e. The quantitative estimate of drug-likeness (QED) is 0.152. The first-order valence-electron chi connectivity index (χ1n) is 3.37. The second-order valence-corrected chi connectivity index (χ2v) is 3.21. The van der Waals surface area contributed by atoms with Crippen LogP contribution in [0.3, 0.4) is 0 Å². The van der Waals surface area contributed by atoms with Gasteiger partial charge in [-0.1, -0.05) is 0 Å². The van der Waals surface area contributed by atoms with E-state index in [1.807, 2.05) is 0 Å². The molecule has 0 heterocycles. The van der Waals surface area contributed by atoms with Gasteiger partial charge in [0, 0.05) is 0 Å². The summed E-state index contributed by atoms with van der Waals surface area (Å²) < 4.78 is -0.556. The van der Waals surface area contributed by atoms with Crippen molar-refractivity contribution in [3.8, 4) is 0 Å². The molecule has 6 nitrogen and oxygen atoms in total. The average molecular weight is 282 g/mol. The molecule has 9 heteroatoms. The largest absolute Gasteiger partial charge is 1.00 e. The number of aliphatic hydroxyl groups is 4. The van der Waals surface area contributed by atoms with Crippen LogP contribution in [-0.4, -0.2) is 56.1 Å². The molecule has 0 bridgehead atoms. The molecule has 0 amide bonds. The monoisotopic (exact) mass is 282 g/mol. The zero-order valence-corrected chi connectivity index (χ0v) is 12.8. The van der Waals surface area contributed by atoms with Crippen LogP contribution in [0.1, 0.15) is 0 Å². The number of aliphatic hydroxyl groups excluding tert-OH is 4. The summed E-state index contributed by atoms with van der Waals surface area (Å²) in [5, 5.41) is 34.1. The van der Waals surface area contributed by atoms with Crippen molar-refractivity contribution in [2.24, 2.45) is 0 Å². The molecule has 0 fully saturated rings. The number of thiol groups is 1. The van der Waals surface area contributed by atoms with Crippen molar-refractivity contribution in [1.29, 1.82) is 0 Å². The van der Waals surface area contributed by atoms with Gasteiger partial charge in [0.05, 0.1) is 11.1 Å². The fraction of sp³-hybridized carbons (Fsp3) is 0.667. The third-order valence-corrected chi connectivity index (χ3v) is 1.07. The molecule has 0 aromatic carbocycles. The molecule has 0 aliphatic rings. The Labute approximate surface area is 140 Å². The van der Waals surface area contributed by atoms with Gasteiger partial charge in [-0.2, -0.15) is 0 Å². The zero-order valence-electron chi connectivity index (χ0n) is 7.98. The van der Waals surface area contributed by atoms with Gasteiger partial charge >= 0.3 is 51.4 Å². The molecule has 0 rings (SSSR count). The first-order valence-corrected chi connectivity index (χ1v) is 4.22. The number of rotatable bonds is 4. The standard InChI is InChI=1S/C5H10O5.CH2OS2.K/c6-1-3(8)5(10)4(9)2-7;2-1(3)4;/h1,3-5,7-10H,2H2;(H2,2,3,4);/q;;+1/p-1/t3-,4+,5+;;/m0../s1. The zero-order chi connectivity index (χ0) is 11.7. The summed E-state index contributed by atoms with van der Waals surface area (Å²) in [6, 6.07) is 0. The summed E-state index contributed by atoms with van der Waals surface area (Å²) in [7, 11) is 0. The topological polar surface area (TPSA) is 115 Å². The van der Waals surface area contributed by atoms with Crippen LogP contribution >= 0.6 is 12.6 Å². The Morgan fingerprint density at radius 1 is 1.40 bits per heavy atom. The summed E-state index contributed by atoms with van der Waals surface area (Å²) in [6.45, 7) is -0.688. The predicted molar refractivity (Wildman–Crippen MR) is 52.9 cm³/mol. The molecular formula is C6H11KO6S2. The molecule has 3 atom stereocenters. The fourth-order valence-corrected chi connectivity index (χ4v) is 0.416. The number of aldehydes is 1. The SMILES string of the molecule is O=C([S-])S.O=C[C@H](O)[C@@H](O)[C@H](O)CO.[K+]. The summed E-state index contributed by atoms with van der Waals surface area (Å²) in [5.41, 5.74) is 0. The second-order valence-electron chi connectivity index (χ2n) is 2.13. The Hall–Kier alpha value is 1.39. The van der Waals surface area contributed by atoms with Crippen molar-refractivity contribution < 1.29 is 81.4 Å². The van der Waals surface area contributed by atoms with E-state index in [-0.39, 0.29) is 57.7 Å². The number of hydrogen-bond acceptors (Lipinski definition) is 7. The maximum absolute atomic E-state index is 9.76. The van der Waals surface area contributed by atoms with Crippen molar-refractivity contribution in [3.05, 3.63) is 0 Å². The van der Waals surface area contributed by atoms with Crippen LogP contribution in [-0.2, 0) is 17.4 Å². The van der Waals surface area contributed by atoms with Crippen molar-refractivity contribution in [2.45, 2.75) is 18.3 Å². The molecule has 0 aliphatic carbocycles. The smallest absolute Gasteiger partial charge is 0.731 e. The molecule has 4 N–H and O–H groups in total. The third kappa shape index (κ3) is 15.4. The van der Waals surface area contributed by atoms with E-state index in [9.17, 15) is 4.79 Å². The van der Waals surface area contributed by atoms with Gasteiger partial charge in [-0.05, 0) is 0 Å². The molecule has 0 aromatic rings. The van der Waals surface area contributed by atoms with Crippen molar-refractivity contribution in [2.75, 3.05) is 6.61 Å². The first kappa shape index (κ1) is 21.6. The van der Waals surface area contributed by atoms with E-state index >= 15 is 0 Å². The van der Waals surface area contributed by atoms with Crippen molar-refractivity contribution in [3.63, 3.8) is 0 Å². The Morgan fingerprint density at radius 3 is 1.93 bits per heavy atom. The molecule has 0 aromatic heterocycles. The molecule has 0 spiro atoms. The molecule has 0 saturated carbocycles. The number of carbonyl (C=O) groups is 2. The first-order chi connectivity index (χ1) is 6.36. The minimum absolute atomic E-state index is 0. The van der Waals surface area contributed by atoms with Crippen LogP contribution in [0.2, 0.25) is 0 Å². The third-order valence-electron chi connectivity index (χ3n) is 1.07. The van der Waals surface area contributed by atoms with Gasteiger partial charge < -0.3 is 42.6 Å². The molecule has 15 heavy (non-hydrogen) atoms. The van der Waals surface area contributed by atoms with Crippen LogP contribution < -0.4 is 51.4 Å². The Kier molecular flexibility index (Phi) is 19.4. The molecule has 0 radical (unpaired) electrons. The molecule has 0 saturated heterocycles. The van der Waals surface area contributed by atoms with Gasteiger partial charge in [-0.15, -0.1) is 12.6 Å². The second kappa shape index (κ2) is 13.5. The minimum Gasteiger partial charge on any atom is -0.731 e. The van der Waals surface area contributed by atoms with E-state index in [0.717, 1.165) is 0 Å². The summed E-state index contributed by atoms with van der Waals surface area (Å²) in [4.78, 5) is 18.9. The van der Waals surface area contributed by atoms with Gasteiger partial charge in [0.25, 0.3) is 0 Å². The normalized spacial score (nSPS) is 14.7. The molecule has 84 valence electrons. The van der Waals surface area contributed by atoms with Gasteiger partial charge in [-0.25, -0.2) is 0 Å². The van der Waals surface area contributed by atoms with Crippen LogP contribution in [0.25, 0.3) is 0 Å². The number of hydrogen-bond donors (Lipinski definition) is 5. The van der Waals surface area contributed by atoms with Gasteiger partial charge in [0.2, 0.25) is 0 Å². The van der Waals surface area contributed by atoms with Crippen LogP contribution in [0.5, 0.6) is 0 Å². The Bertz CT molecular complexity index is 177. The Balaban J connectivity index is -0.000000249. The van der Waals surface area contributed by atoms with Crippen molar-refractivity contribution in [1.82, 2.24) is 0 Å². The summed E-state index contributed by atoms with van der Waals surface area (Å²) in [6.07, 6.45) is -4.63. The summed E-state index contributed by atoms with van der Waals surface area (Å²) in [5.74, 6) is 0. The van der Waals surface area contributed by atoms with E-state index in [1.54, 1.807) is 0 Å². The van der Waals surface area contributed by atoms with Gasteiger partial charge in [0.15, 0.2) is 6.29 Å². The van der Waals surface area contributed by atoms with E-state index < -0.39 is 29.4 Å². The van der Waals surface area contributed by atoms with Gasteiger partial charge in [-0.3, -0.25) is 0 Å². The van der Waals surface area contributed by atoms with Crippen molar-refractivity contribution >= 4 is 36.0 Å². The number of carbonyl (C=O) groups excluding carboxylic acids is 2. The average Bonchev–Trinajstić information content (AvgIpc) is 2.13. The fourth-order valence-electron chi connectivity index (χ4n) is 0.416.